The van der Waals surface area contributed by atoms with Crippen LogP contribution in [0.5, 0.6) is 0 Å². The molecule has 0 amide bonds. The Labute approximate surface area is 128 Å². The van der Waals surface area contributed by atoms with Crippen LogP contribution in [0.1, 0.15) is 41.0 Å². The van der Waals surface area contributed by atoms with Gasteiger partial charge in [-0.2, -0.15) is 0 Å². The van der Waals surface area contributed by atoms with Crippen molar-refractivity contribution in [1.82, 2.24) is 5.32 Å². The van der Waals surface area contributed by atoms with Crippen molar-refractivity contribution in [3.63, 3.8) is 0 Å². The molecule has 1 atom stereocenters. The van der Waals surface area contributed by atoms with Gasteiger partial charge in [0.15, 0.2) is 0 Å². The van der Waals surface area contributed by atoms with Crippen LogP contribution in [0.3, 0.4) is 0 Å². The zero-order chi connectivity index (χ0) is 13.8. The first-order valence-electron chi connectivity index (χ1n) is 6.67. The van der Waals surface area contributed by atoms with Gasteiger partial charge in [-0.05, 0) is 59.9 Å². The van der Waals surface area contributed by atoms with Crippen LogP contribution in [0, 0.1) is 13.8 Å². The number of thiophene rings is 1. The summed E-state index contributed by atoms with van der Waals surface area (Å²) in [5.74, 6) is 0. The number of benzene rings is 1. The van der Waals surface area contributed by atoms with E-state index in [1.165, 1.54) is 25.4 Å². The van der Waals surface area contributed by atoms with Gasteiger partial charge in [-0.1, -0.05) is 36.8 Å². The van der Waals surface area contributed by atoms with Gasteiger partial charge in [-0.15, -0.1) is 11.3 Å². The van der Waals surface area contributed by atoms with Gasteiger partial charge in [0.1, 0.15) is 0 Å². The van der Waals surface area contributed by atoms with Crippen molar-refractivity contribution in [1.29, 1.82) is 0 Å². The van der Waals surface area contributed by atoms with E-state index in [1.54, 1.807) is 0 Å². The van der Waals surface area contributed by atoms with E-state index < -0.39 is 0 Å². The van der Waals surface area contributed by atoms with Crippen molar-refractivity contribution in [3.05, 3.63) is 55.7 Å². The third kappa shape index (κ3) is 3.68. The zero-order valence-corrected chi connectivity index (χ0v) is 14.1. The van der Waals surface area contributed by atoms with Gasteiger partial charge in [0.25, 0.3) is 0 Å². The van der Waals surface area contributed by atoms with E-state index in [9.17, 15) is 0 Å². The summed E-state index contributed by atoms with van der Waals surface area (Å²) in [6.07, 6.45) is 1.15. The van der Waals surface area contributed by atoms with E-state index >= 15 is 0 Å². The number of aryl methyl sites for hydroxylation is 2. The molecule has 0 fully saturated rings. The minimum absolute atomic E-state index is 0.301. The summed E-state index contributed by atoms with van der Waals surface area (Å²) < 4.78 is 1.23. The first-order chi connectivity index (χ1) is 9.11. The first kappa shape index (κ1) is 14.8. The highest BCUT2D eigenvalue weighted by Crippen LogP contribution is 2.34. The van der Waals surface area contributed by atoms with Crippen LogP contribution in [0.15, 0.2) is 34.1 Å². The fourth-order valence-electron chi connectivity index (χ4n) is 2.15. The lowest BCUT2D eigenvalue weighted by Crippen LogP contribution is -2.22. The maximum absolute atomic E-state index is 3.66. The van der Waals surface area contributed by atoms with E-state index in [-0.39, 0.29) is 0 Å². The lowest BCUT2D eigenvalue weighted by atomic mass is 10.0. The fraction of sp³-hybridized carbons (Fsp3) is 0.375. The summed E-state index contributed by atoms with van der Waals surface area (Å²) in [6.45, 7) is 7.54. The van der Waals surface area contributed by atoms with Gasteiger partial charge in [0.05, 0.1) is 9.83 Å². The molecule has 0 spiro atoms. The molecule has 0 radical (unpaired) electrons. The van der Waals surface area contributed by atoms with Gasteiger partial charge in [0, 0.05) is 4.88 Å². The van der Waals surface area contributed by atoms with Crippen LogP contribution in [0.25, 0.3) is 0 Å². The highest BCUT2D eigenvalue weighted by atomic mass is 79.9. The molecule has 1 N–H and O–H groups in total. The molecule has 0 saturated carbocycles. The van der Waals surface area contributed by atoms with Gasteiger partial charge in [0.2, 0.25) is 0 Å². The Morgan fingerprint density at radius 2 is 2.05 bits per heavy atom. The van der Waals surface area contributed by atoms with Crippen molar-refractivity contribution in [3.8, 4) is 0 Å². The molecule has 0 aliphatic heterocycles. The molecule has 0 bridgehead atoms. The molecule has 1 aromatic heterocycles. The van der Waals surface area contributed by atoms with Crippen molar-refractivity contribution >= 4 is 27.3 Å². The second-order valence-corrected chi connectivity index (χ2v) is 7.31. The molecule has 0 aliphatic carbocycles. The Bertz CT molecular complexity index is 528. The second kappa shape index (κ2) is 6.69. The van der Waals surface area contributed by atoms with Crippen molar-refractivity contribution in [2.24, 2.45) is 0 Å². The van der Waals surface area contributed by atoms with Gasteiger partial charge < -0.3 is 5.32 Å². The van der Waals surface area contributed by atoms with Crippen LogP contribution < -0.4 is 5.32 Å². The first-order valence-corrected chi connectivity index (χ1v) is 8.28. The predicted octanol–water partition coefficient (Wildman–Crippen LogP) is 5.22. The van der Waals surface area contributed by atoms with Crippen LogP contribution in [-0.4, -0.2) is 6.54 Å². The molecule has 102 valence electrons. The summed E-state index contributed by atoms with van der Waals surface area (Å²) in [4.78, 5) is 1.38. The third-order valence-corrected chi connectivity index (χ3v) is 5.34. The van der Waals surface area contributed by atoms with Crippen molar-refractivity contribution < 1.29 is 0 Å². The lowest BCUT2D eigenvalue weighted by Gasteiger charge is -2.18. The summed E-state index contributed by atoms with van der Waals surface area (Å²) >= 11 is 5.46. The molecule has 19 heavy (non-hydrogen) atoms. The van der Waals surface area contributed by atoms with Crippen LogP contribution in [-0.2, 0) is 0 Å². The highest BCUT2D eigenvalue weighted by molar-refractivity contribution is 9.11. The number of hydrogen-bond donors (Lipinski definition) is 1. The Hall–Kier alpha value is -0.640. The van der Waals surface area contributed by atoms with Crippen molar-refractivity contribution in [2.75, 3.05) is 6.54 Å². The monoisotopic (exact) mass is 337 g/mol. The smallest absolute Gasteiger partial charge is 0.0731 e. The molecular formula is C16H20BrNS. The van der Waals surface area contributed by atoms with Crippen LogP contribution in [0.4, 0.5) is 0 Å². The number of halogens is 1. The summed E-state index contributed by atoms with van der Waals surface area (Å²) in [5, 5.41) is 3.66. The summed E-state index contributed by atoms with van der Waals surface area (Å²) in [7, 11) is 0. The molecule has 3 heteroatoms. The molecule has 0 saturated heterocycles. The van der Waals surface area contributed by atoms with Gasteiger partial charge in [-0.25, -0.2) is 0 Å². The van der Waals surface area contributed by atoms with Crippen LogP contribution in [0.2, 0.25) is 0 Å². The zero-order valence-electron chi connectivity index (χ0n) is 11.7. The number of hydrogen-bond acceptors (Lipinski definition) is 2. The largest absolute Gasteiger partial charge is 0.306 e. The third-order valence-electron chi connectivity index (χ3n) is 3.13. The Morgan fingerprint density at radius 1 is 1.26 bits per heavy atom. The molecule has 2 rings (SSSR count). The van der Waals surface area contributed by atoms with Crippen LogP contribution >= 0.6 is 27.3 Å². The average Bonchev–Trinajstić information content (AvgIpc) is 2.70. The molecular weight excluding hydrogens is 318 g/mol. The maximum atomic E-state index is 3.66. The summed E-state index contributed by atoms with van der Waals surface area (Å²) in [5.41, 5.74) is 3.98. The Kier molecular flexibility index (Phi) is 5.20. The molecule has 0 aliphatic rings. The van der Waals surface area contributed by atoms with E-state index in [4.69, 9.17) is 0 Å². The minimum atomic E-state index is 0.301. The Morgan fingerprint density at radius 3 is 2.63 bits per heavy atom. The van der Waals surface area contributed by atoms with E-state index in [1.807, 2.05) is 11.3 Å². The quantitative estimate of drug-likeness (QED) is 0.788. The van der Waals surface area contributed by atoms with E-state index in [2.05, 4.69) is 72.3 Å². The maximum Gasteiger partial charge on any atom is 0.0731 e. The topological polar surface area (TPSA) is 12.0 Å². The molecule has 1 aromatic carbocycles. The fourth-order valence-corrected chi connectivity index (χ4v) is 3.82. The number of nitrogens with one attached hydrogen (secondary N) is 1. The normalized spacial score (nSPS) is 12.6. The molecule has 1 nitrogen and oxygen atoms in total. The van der Waals surface area contributed by atoms with Crippen molar-refractivity contribution in [2.45, 2.75) is 33.2 Å². The minimum Gasteiger partial charge on any atom is -0.306 e. The van der Waals surface area contributed by atoms with E-state index in [0.717, 1.165) is 13.0 Å². The standard InChI is InChI=1S/C16H20BrNS/c1-4-8-18-15(13-7-5-6-11(2)9-13)14-10-12(3)16(17)19-14/h5-7,9-10,15,18H,4,8H2,1-3H3. The highest BCUT2D eigenvalue weighted by Gasteiger charge is 2.16. The van der Waals surface area contributed by atoms with Gasteiger partial charge in [-0.3, -0.25) is 0 Å². The predicted molar refractivity (Wildman–Crippen MR) is 88.1 cm³/mol. The summed E-state index contributed by atoms with van der Waals surface area (Å²) in [6, 6.07) is 11.4. The molecule has 1 heterocycles. The van der Waals surface area contributed by atoms with E-state index in [0.29, 0.717) is 6.04 Å². The average molecular weight is 338 g/mol. The second-order valence-electron chi connectivity index (χ2n) is 4.91. The Balaban J connectivity index is 2.35. The molecule has 2 aromatic rings. The lowest BCUT2D eigenvalue weighted by molar-refractivity contribution is 0.605. The SMILES string of the molecule is CCCNC(c1cccc(C)c1)c1cc(C)c(Br)s1. The van der Waals surface area contributed by atoms with Gasteiger partial charge >= 0.3 is 0 Å². The molecule has 1 unspecified atom stereocenters. The number of rotatable bonds is 5.